The lowest BCUT2D eigenvalue weighted by molar-refractivity contribution is 0.102. The number of ether oxygens (including phenoxy) is 2. The molecule has 0 radical (unpaired) electrons. The summed E-state index contributed by atoms with van der Waals surface area (Å²) in [6, 6.07) is 19.9. The Morgan fingerprint density at radius 2 is 1.53 bits per heavy atom. The number of aliphatic hydroxyl groups excluding tert-OH is 1. The highest BCUT2D eigenvalue weighted by Gasteiger charge is 2.17. The number of methoxy groups -OCH3 is 2. The fraction of sp³-hybridized carbons (Fsp3) is 0.121. The van der Waals surface area contributed by atoms with Crippen LogP contribution in [0.2, 0.25) is 0 Å². The summed E-state index contributed by atoms with van der Waals surface area (Å²) in [7, 11) is 3.15. The van der Waals surface area contributed by atoms with Gasteiger partial charge in [0.15, 0.2) is 11.5 Å². The van der Waals surface area contributed by atoms with E-state index in [2.05, 4.69) is 10.3 Å². The zero-order chi connectivity index (χ0) is 30.5. The summed E-state index contributed by atoms with van der Waals surface area (Å²) < 4.78 is 25.8. The zero-order valence-electron chi connectivity index (χ0n) is 23.5. The lowest BCUT2D eigenvalue weighted by Gasteiger charge is -2.13. The SMILES string of the molecule is COc1ccc(-c2cnc(N)c(-c3ccc(NC(=O)c4cn(CCO)cc(-c5ccc(F)cc5)c4=O)cc3)c2)cc1OC. The Kier molecular flexibility index (Phi) is 8.49. The summed E-state index contributed by atoms with van der Waals surface area (Å²) in [5, 5.41) is 12.2. The quantitative estimate of drug-likeness (QED) is 0.218. The van der Waals surface area contributed by atoms with Crippen LogP contribution in [0.15, 0.2) is 96.2 Å². The van der Waals surface area contributed by atoms with Crippen molar-refractivity contribution in [1.82, 2.24) is 9.55 Å². The number of hydrogen-bond donors (Lipinski definition) is 3. The van der Waals surface area contributed by atoms with E-state index in [0.29, 0.717) is 34.1 Å². The average Bonchev–Trinajstić information content (AvgIpc) is 3.02. The van der Waals surface area contributed by atoms with Crippen LogP contribution in [-0.4, -0.2) is 41.4 Å². The number of hydrogen-bond acceptors (Lipinski definition) is 7. The monoisotopic (exact) mass is 580 g/mol. The number of aliphatic hydroxyl groups is 1. The predicted molar refractivity (Wildman–Crippen MR) is 164 cm³/mol. The van der Waals surface area contributed by atoms with Crippen molar-refractivity contribution in [2.45, 2.75) is 6.54 Å². The van der Waals surface area contributed by atoms with Crippen LogP contribution in [-0.2, 0) is 6.54 Å². The average molecular weight is 581 g/mol. The van der Waals surface area contributed by atoms with Gasteiger partial charge in [0, 0.05) is 47.5 Å². The highest BCUT2D eigenvalue weighted by molar-refractivity contribution is 6.04. The molecule has 1 amide bonds. The molecule has 0 spiro atoms. The van der Waals surface area contributed by atoms with Gasteiger partial charge in [-0.05, 0) is 59.2 Å². The summed E-state index contributed by atoms with van der Waals surface area (Å²) in [5.41, 5.74) is 9.88. The second-order valence-corrected chi connectivity index (χ2v) is 9.64. The van der Waals surface area contributed by atoms with Gasteiger partial charge in [-0.25, -0.2) is 9.37 Å². The summed E-state index contributed by atoms with van der Waals surface area (Å²) in [5.74, 6) is 0.474. The van der Waals surface area contributed by atoms with Gasteiger partial charge in [-0.1, -0.05) is 30.3 Å². The molecule has 0 aliphatic carbocycles. The first kappa shape index (κ1) is 29.0. The minimum Gasteiger partial charge on any atom is -0.493 e. The van der Waals surface area contributed by atoms with Crippen LogP contribution < -0.4 is 26.0 Å². The van der Waals surface area contributed by atoms with Crippen LogP contribution in [0.25, 0.3) is 33.4 Å². The van der Waals surface area contributed by atoms with Crippen LogP contribution >= 0.6 is 0 Å². The van der Waals surface area contributed by atoms with Crippen LogP contribution in [0.5, 0.6) is 11.5 Å². The van der Waals surface area contributed by atoms with E-state index in [1.165, 1.54) is 36.7 Å². The van der Waals surface area contributed by atoms with E-state index < -0.39 is 17.2 Å². The molecule has 218 valence electrons. The van der Waals surface area contributed by atoms with E-state index in [4.69, 9.17) is 15.2 Å². The van der Waals surface area contributed by atoms with Crippen molar-refractivity contribution in [3.05, 3.63) is 113 Å². The molecule has 5 aromatic rings. The molecular formula is C33H29FN4O5. The fourth-order valence-corrected chi connectivity index (χ4v) is 4.68. The van der Waals surface area contributed by atoms with Crippen molar-refractivity contribution in [2.24, 2.45) is 0 Å². The van der Waals surface area contributed by atoms with Gasteiger partial charge in [0.05, 0.1) is 20.8 Å². The van der Waals surface area contributed by atoms with Crippen molar-refractivity contribution in [1.29, 1.82) is 0 Å². The number of carbonyl (C=O) groups is 1. The third-order valence-electron chi connectivity index (χ3n) is 6.93. The molecule has 10 heteroatoms. The maximum Gasteiger partial charge on any atom is 0.261 e. The minimum absolute atomic E-state index is 0.115. The maximum absolute atomic E-state index is 13.5. The molecule has 43 heavy (non-hydrogen) atoms. The normalized spacial score (nSPS) is 10.8. The van der Waals surface area contributed by atoms with E-state index in [1.807, 2.05) is 24.3 Å². The Hall–Kier alpha value is -5.48. The van der Waals surface area contributed by atoms with Crippen molar-refractivity contribution in [3.63, 3.8) is 0 Å². The van der Waals surface area contributed by atoms with Gasteiger partial charge >= 0.3 is 0 Å². The van der Waals surface area contributed by atoms with Gasteiger partial charge in [-0.3, -0.25) is 9.59 Å². The summed E-state index contributed by atoms with van der Waals surface area (Å²) >= 11 is 0. The van der Waals surface area contributed by atoms with Crippen molar-refractivity contribution < 1.29 is 23.8 Å². The summed E-state index contributed by atoms with van der Waals surface area (Å²) in [4.78, 5) is 30.9. The molecule has 0 unspecified atom stereocenters. The van der Waals surface area contributed by atoms with Crippen LogP contribution in [0.4, 0.5) is 15.9 Å². The Labute approximate surface area is 247 Å². The molecule has 0 fully saturated rings. The van der Waals surface area contributed by atoms with E-state index in [1.54, 1.807) is 49.2 Å². The van der Waals surface area contributed by atoms with E-state index in [9.17, 15) is 19.1 Å². The second kappa shape index (κ2) is 12.6. The molecule has 9 nitrogen and oxygen atoms in total. The number of halogens is 1. The number of nitrogens with two attached hydrogens (primary N) is 1. The molecule has 0 saturated heterocycles. The molecule has 5 rings (SSSR count). The van der Waals surface area contributed by atoms with Gasteiger partial charge in [0.2, 0.25) is 5.43 Å². The Morgan fingerprint density at radius 1 is 0.884 bits per heavy atom. The van der Waals surface area contributed by atoms with Crippen molar-refractivity contribution >= 4 is 17.4 Å². The van der Waals surface area contributed by atoms with Gasteiger partial charge in [0.25, 0.3) is 5.91 Å². The number of carbonyl (C=O) groups excluding carboxylic acids is 1. The lowest BCUT2D eigenvalue weighted by atomic mass is 10.0. The third-order valence-corrected chi connectivity index (χ3v) is 6.93. The van der Waals surface area contributed by atoms with E-state index >= 15 is 0 Å². The molecule has 3 aromatic carbocycles. The molecule has 0 aliphatic heterocycles. The highest BCUT2D eigenvalue weighted by atomic mass is 19.1. The van der Waals surface area contributed by atoms with Gasteiger partial charge < -0.3 is 30.2 Å². The maximum atomic E-state index is 13.5. The number of amides is 1. The first-order valence-electron chi connectivity index (χ1n) is 13.3. The Balaban J connectivity index is 1.41. The first-order valence-corrected chi connectivity index (χ1v) is 13.3. The van der Waals surface area contributed by atoms with Crippen molar-refractivity contribution in [2.75, 3.05) is 31.9 Å². The highest BCUT2D eigenvalue weighted by Crippen LogP contribution is 2.35. The molecule has 2 aromatic heterocycles. The van der Waals surface area contributed by atoms with Crippen LogP contribution in [0, 0.1) is 5.82 Å². The largest absolute Gasteiger partial charge is 0.493 e. The smallest absolute Gasteiger partial charge is 0.261 e. The minimum atomic E-state index is -0.620. The molecule has 4 N–H and O–H groups in total. The van der Waals surface area contributed by atoms with Crippen LogP contribution in [0.1, 0.15) is 10.4 Å². The number of anilines is 2. The van der Waals surface area contributed by atoms with E-state index in [0.717, 1.165) is 16.7 Å². The lowest BCUT2D eigenvalue weighted by Crippen LogP contribution is -2.25. The molecular weight excluding hydrogens is 551 g/mol. The van der Waals surface area contributed by atoms with Gasteiger partial charge in [0.1, 0.15) is 17.2 Å². The predicted octanol–water partition coefficient (Wildman–Crippen LogP) is 5.23. The standard InChI is InChI=1S/C33H29FN4O5/c1-42-29-12-7-22(16-30(29)43-2)23-15-26(32(35)36-17-23)20-5-10-25(11-6-20)37-33(41)28-19-38(13-14-39)18-27(31(28)40)21-3-8-24(34)9-4-21/h3-12,15-19,39H,13-14H2,1-2H3,(H2,35,36)(H,37,41). The molecule has 2 heterocycles. The number of nitrogens with zero attached hydrogens (tertiary/aromatic N) is 2. The van der Waals surface area contributed by atoms with Crippen molar-refractivity contribution in [3.8, 4) is 44.9 Å². The Bertz CT molecular complexity index is 1840. The molecule has 0 atom stereocenters. The molecule has 0 bridgehead atoms. The summed E-state index contributed by atoms with van der Waals surface area (Å²) in [6.45, 7) is -0.0271. The second-order valence-electron chi connectivity index (χ2n) is 9.64. The number of benzene rings is 3. The number of nitrogens with one attached hydrogen (secondary N) is 1. The van der Waals surface area contributed by atoms with E-state index in [-0.39, 0.29) is 24.3 Å². The van der Waals surface area contributed by atoms with Crippen LogP contribution in [0.3, 0.4) is 0 Å². The molecule has 0 saturated carbocycles. The summed E-state index contributed by atoms with van der Waals surface area (Å²) in [6.07, 6.45) is 4.60. The Morgan fingerprint density at radius 3 is 2.21 bits per heavy atom. The topological polar surface area (TPSA) is 129 Å². The third kappa shape index (κ3) is 6.24. The fourth-order valence-electron chi connectivity index (χ4n) is 4.68. The first-order chi connectivity index (χ1) is 20.8. The van der Waals surface area contributed by atoms with Gasteiger partial charge in [-0.2, -0.15) is 0 Å². The number of aromatic nitrogens is 2. The molecule has 0 aliphatic rings. The zero-order valence-corrected chi connectivity index (χ0v) is 23.5. The van der Waals surface area contributed by atoms with Gasteiger partial charge in [-0.15, -0.1) is 0 Å². The number of pyridine rings is 2. The number of rotatable bonds is 9. The number of nitrogen functional groups attached to an aromatic ring is 1.